The van der Waals surface area contributed by atoms with Crippen molar-refractivity contribution in [3.05, 3.63) is 0 Å². The van der Waals surface area contributed by atoms with E-state index in [1.165, 1.54) is 25.7 Å². The quantitative estimate of drug-likeness (QED) is 0.795. The van der Waals surface area contributed by atoms with Crippen molar-refractivity contribution in [2.45, 2.75) is 52.0 Å². The Balaban J connectivity index is 1.79. The predicted molar refractivity (Wildman–Crippen MR) is 69.8 cm³/mol. The van der Waals surface area contributed by atoms with Crippen LogP contribution in [0.5, 0.6) is 0 Å². The molecule has 3 heteroatoms. The molecule has 0 bridgehead atoms. The van der Waals surface area contributed by atoms with Gasteiger partial charge in [-0.1, -0.05) is 6.92 Å². The number of nitrogens with zero attached hydrogens (tertiary/aromatic N) is 1. The van der Waals surface area contributed by atoms with Crippen LogP contribution in [-0.2, 0) is 4.79 Å². The molecule has 0 aromatic rings. The molecular weight excluding hydrogens is 212 g/mol. The maximum absolute atomic E-state index is 12.2. The molecule has 1 amide bonds. The summed E-state index contributed by atoms with van der Waals surface area (Å²) in [5.74, 6) is 1.61. The SMILES string of the molecule is CCN(C(=O)CC(C)C1CCCNC1)C1CC1. The lowest BCUT2D eigenvalue weighted by atomic mass is 9.85. The lowest BCUT2D eigenvalue weighted by molar-refractivity contribution is -0.132. The van der Waals surface area contributed by atoms with E-state index in [1.807, 2.05) is 0 Å². The van der Waals surface area contributed by atoms with Crippen molar-refractivity contribution in [2.75, 3.05) is 19.6 Å². The van der Waals surface area contributed by atoms with Gasteiger partial charge in [0.1, 0.15) is 0 Å². The molecule has 3 nitrogen and oxygen atoms in total. The Hall–Kier alpha value is -0.570. The highest BCUT2D eigenvalue weighted by Crippen LogP contribution is 2.29. The molecule has 2 atom stereocenters. The number of carbonyl (C=O) groups is 1. The van der Waals surface area contributed by atoms with Crippen LogP contribution in [0.4, 0.5) is 0 Å². The van der Waals surface area contributed by atoms with Crippen LogP contribution in [0.1, 0.15) is 46.0 Å². The van der Waals surface area contributed by atoms with Crippen molar-refractivity contribution in [3.8, 4) is 0 Å². The van der Waals surface area contributed by atoms with Gasteiger partial charge in [-0.3, -0.25) is 4.79 Å². The molecule has 2 rings (SSSR count). The largest absolute Gasteiger partial charge is 0.340 e. The van der Waals surface area contributed by atoms with E-state index in [0.717, 1.165) is 26.1 Å². The van der Waals surface area contributed by atoms with Gasteiger partial charge in [0, 0.05) is 19.0 Å². The third-order valence-electron chi connectivity index (χ3n) is 4.29. The fourth-order valence-corrected chi connectivity index (χ4v) is 2.95. The Kier molecular flexibility index (Phi) is 4.43. The summed E-state index contributed by atoms with van der Waals surface area (Å²) in [6.07, 6.45) is 5.74. The zero-order valence-corrected chi connectivity index (χ0v) is 11.2. The zero-order chi connectivity index (χ0) is 12.3. The predicted octanol–water partition coefficient (Wildman–Crippen LogP) is 2.02. The van der Waals surface area contributed by atoms with Crippen LogP contribution in [-0.4, -0.2) is 36.5 Å². The second-order valence-electron chi connectivity index (χ2n) is 5.70. The number of rotatable bonds is 5. The minimum atomic E-state index is 0.382. The summed E-state index contributed by atoms with van der Waals surface area (Å²) in [5.41, 5.74) is 0. The lowest BCUT2D eigenvalue weighted by Crippen LogP contribution is -2.38. The van der Waals surface area contributed by atoms with Crippen molar-refractivity contribution in [3.63, 3.8) is 0 Å². The van der Waals surface area contributed by atoms with Crippen molar-refractivity contribution < 1.29 is 4.79 Å². The molecule has 0 radical (unpaired) electrons. The highest BCUT2D eigenvalue weighted by atomic mass is 16.2. The Labute approximate surface area is 105 Å². The Morgan fingerprint density at radius 1 is 1.41 bits per heavy atom. The van der Waals surface area contributed by atoms with Gasteiger partial charge in [-0.2, -0.15) is 0 Å². The number of hydrogen-bond donors (Lipinski definition) is 1. The fourth-order valence-electron chi connectivity index (χ4n) is 2.95. The molecule has 1 N–H and O–H groups in total. The number of amides is 1. The molecule has 1 heterocycles. The van der Waals surface area contributed by atoms with Crippen LogP contribution in [0, 0.1) is 11.8 Å². The smallest absolute Gasteiger partial charge is 0.223 e. The monoisotopic (exact) mass is 238 g/mol. The molecule has 1 saturated heterocycles. The zero-order valence-electron chi connectivity index (χ0n) is 11.2. The maximum Gasteiger partial charge on any atom is 0.223 e. The number of hydrogen-bond acceptors (Lipinski definition) is 2. The van der Waals surface area contributed by atoms with Crippen molar-refractivity contribution >= 4 is 5.91 Å². The first-order valence-electron chi connectivity index (χ1n) is 7.22. The molecule has 1 saturated carbocycles. The summed E-state index contributed by atoms with van der Waals surface area (Å²) in [4.78, 5) is 14.3. The van der Waals surface area contributed by atoms with Gasteiger partial charge < -0.3 is 10.2 Å². The fraction of sp³-hybridized carbons (Fsp3) is 0.929. The van der Waals surface area contributed by atoms with Crippen LogP contribution in [0.15, 0.2) is 0 Å². The molecule has 2 unspecified atom stereocenters. The molecule has 2 aliphatic rings. The van der Waals surface area contributed by atoms with Crippen molar-refractivity contribution in [1.29, 1.82) is 0 Å². The van der Waals surface area contributed by atoms with E-state index in [-0.39, 0.29) is 0 Å². The van der Waals surface area contributed by atoms with E-state index in [4.69, 9.17) is 0 Å². The highest BCUT2D eigenvalue weighted by molar-refractivity contribution is 5.77. The molecule has 98 valence electrons. The molecule has 0 aromatic carbocycles. The van der Waals surface area contributed by atoms with Crippen LogP contribution >= 0.6 is 0 Å². The van der Waals surface area contributed by atoms with Gasteiger partial charge in [0.2, 0.25) is 5.91 Å². The summed E-state index contributed by atoms with van der Waals surface area (Å²) >= 11 is 0. The van der Waals surface area contributed by atoms with E-state index >= 15 is 0 Å². The second-order valence-corrected chi connectivity index (χ2v) is 5.70. The average Bonchev–Trinajstić information content (AvgIpc) is 3.15. The van der Waals surface area contributed by atoms with Crippen molar-refractivity contribution in [2.24, 2.45) is 11.8 Å². The minimum absolute atomic E-state index is 0.382. The molecule has 0 spiro atoms. The van der Waals surface area contributed by atoms with Gasteiger partial charge in [0.05, 0.1) is 0 Å². The first-order chi connectivity index (χ1) is 8.22. The first-order valence-corrected chi connectivity index (χ1v) is 7.22. The van der Waals surface area contributed by atoms with Gasteiger partial charge in [-0.25, -0.2) is 0 Å². The van der Waals surface area contributed by atoms with Gasteiger partial charge in [-0.05, 0) is 57.5 Å². The van der Waals surface area contributed by atoms with Crippen LogP contribution in [0.3, 0.4) is 0 Å². The normalized spacial score (nSPS) is 26.6. The van der Waals surface area contributed by atoms with Crippen LogP contribution in [0.2, 0.25) is 0 Å². The average molecular weight is 238 g/mol. The standard InChI is InChI=1S/C14H26N2O/c1-3-16(13-6-7-13)14(17)9-11(2)12-5-4-8-15-10-12/h11-13,15H,3-10H2,1-2H3. The summed E-state index contributed by atoms with van der Waals surface area (Å²) in [6.45, 7) is 7.49. The van der Waals surface area contributed by atoms with E-state index in [9.17, 15) is 4.79 Å². The molecule has 2 fully saturated rings. The highest BCUT2D eigenvalue weighted by Gasteiger charge is 2.32. The van der Waals surface area contributed by atoms with Gasteiger partial charge in [0.25, 0.3) is 0 Å². The van der Waals surface area contributed by atoms with E-state index in [0.29, 0.717) is 23.8 Å². The topological polar surface area (TPSA) is 32.3 Å². The molecule has 1 aliphatic carbocycles. The first kappa shape index (κ1) is 12.9. The summed E-state index contributed by atoms with van der Waals surface area (Å²) in [5, 5.41) is 3.44. The summed E-state index contributed by atoms with van der Waals surface area (Å²) < 4.78 is 0. The number of piperidine rings is 1. The Morgan fingerprint density at radius 2 is 2.18 bits per heavy atom. The van der Waals surface area contributed by atoms with E-state index < -0.39 is 0 Å². The molecule has 1 aliphatic heterocycles. The summed E-state index contributed by atoms with van der Waals surface area (Å²) in [6, 6.07) is 0.573. The van der Waals surface area contributed by atoms with Crippen LogP contribution < -0.4 is 5.32 Å². The van der Waals surface area contributed by atoms with E-state index in [2.05, 4.69) is 24.1 Å². The third-order valence-corrected chi connectivity index (χ3v) is 4.29. The number of carbonyl (C=O) groups excluding carboxylic acids is 1. The molecule has 17 heavy (non-hydrogen) atoms. The maximum atomic E-state index is 12.2. The molecular formula is C14H26N2O. The van der Waals surface area contributed by atoms with Gasteiger partial charge in [0.15, 0.2) is 0 Å². The number of nitrogens with one attached hydrogen (secondary N) is 1. The minimum Gasteiger partial charge on any atom is -0.340 e. The third kappa shape index (κ3) is 3.44. The van der Waals surface area contributed by atoms with Gasteiger partial charge >= 0.3 is 0 Å². The van der Waals surface area contributed by atoms with E-state index in [1.54, 1.807) is 0 Å². The lowest BCUT2D eigenvalue weighted by Gasteiger charge is -2.30. The van der Waals surface area contributed by atoms with Crippen LogP contribution in [0.25, 0.3) is 0 Å². The summed E-state index contributed by atoms with van der Waals surface area (Å²) in [7, 11) is 0. The molecule has 0 aromatic heterocycles. The Morgan fingerprint density at radius 3 is 2.71 bits per heavy atom. The Bertz CT molecular complexity index is 257. The second kappa shape index (κ2) is 5.85. The van der Waals surface area contributed by atoms with Gasteiger partial charge in [-0.15, -0.1) is 0 Å². The van der Waals surface area contributed by atoms with Crippen molar-refractivity contribution in [1.82, 2.24) is 10.2 Å².